The van der Waals surface area contributed by atoms with Gasteiger partial charge >= 0.3 is 5.97 Å². The van der Waals surface area contributed by atoms with Crippen LogP contribution in [0.2, 0.25) is 0 Å². The molecule has 0 saturated carbocycles. The average molecular weight is 190 g/mol. The summed E-state index contributed by atoms with van der Waals surface area (Å²) in [6, 6.07) is 7.58. The van der Waals surface area contributed by atoms with Gasteiger partial charge in [-0.05, 0) is 18.9 Å². The molecule has 0 bridgehead atoms. The normalized spacial score (nSPS) is 12.1. The Hall–Kier alpha value is -1.57. The van der Waals surface area contributed by atoms with Crippen molar-refractivity contribution in [1.82, 2.24) is 0 Å². The Morgan fingerprint density at radius 3 is 2.86 bits per heavy atom. The van der Waals surface area contributed by atoms with Gasteiger partial charge in [0.1, 0.15) is 0 Å². The molecule has 0 saturated heterocycles. The summed E-state index contributed by atoms with van der Waals surface area (Å²) in [4.78, 5) is 11.0. The lowest BCUT2D eigenvalue weighted by molar-refractivity contribution is -0.138. The molecule has 0 aromatic heterocycles. The van der Waals surface area contributed by atoms with Gasteiger partial charge in [-0.25, -0.2) is 0 Å². The van der Waals surface area contributed by atoms with Gasteiger partial charge in [0.25, 0.3) is 0 Å². The highest BCUT2D eigenvalue weighted by Gasteiger charge is 2.17. The van der Waals surface area contributed by atoms with Gasteiger partial charge in [0.05, 0.1) is 5.92 Å². The first kappa shape index (κ1) is 10.5. The second-order valence-corrected chi connectivity index (χ2v) is 3.33. The molecule has 0 amide bonds. The molecule has 0 radical (unpaired) electrons. The van der Waals surface area contributed by atoms with E-state index in [9.17, 15) is 4.79 Å². The number of carboxylic acids is 1. The lowest BCUT2D eigenvalue weighted by Gasteiger charge is -2.10. The van der Waals surface area contributed by atoms with E-state index in [1.54, 1.807) is 6.08 Å². The van der Waals surface area contributed by atoms with Gasteiger partial charge in [0.2, 0.25) is 0 Å². The molecule has 0 aliphatic carbocycles. The topological polar surface area (TPSA) is 37.3 Å². The first-order chi connectivity index (χ1) is 6.65. The van der Waals surface area contributed by atoms with Crippen molar-refractivity contribution in [2.75, 3.05) is 0 Å². The lowest BCUT2D eigenvalue weighted by atomic mass is 9.95. The molecule has 1 N–H and O–H groups in total. The van der Waals surface area contributed by atoms with Crippen molar-refractivity contribution in [3.05, 3.63) is 48.0 Å². The maximum atomic E-state index is 11.0. The van der Waals surface area contributed by atoms with E-state index in [1.807, 2.05) is 31.2 Å². The first-order valence-corrected chi connectivity index (χ1v) is 4.55. The number of aryl methyl sites for hydroxylation is 1. The molecule has 1 aromatic rings. The van der Waals surface area contributed by atoms with E-state index in [1.165, 1.54) is 0 Å². The smallest absolute Gasteiger partial charge is 0.311 e. The van der Waals surface area contributed by atoms with Crippen molar-refractivity contribution >= 4 is 5.97 Å². The first-order valence-electron chi connectivity index (χ1n) is 4.55. The summed E-state index contributed by atoms with van der Waals surface area (Å²) in [5.74, 6) is -1.26. The van der Waals surface area contributed by atoms with Crippen molar-refractivity contribution in [2.45, 2.75) is 19.3 Å². The highest BCUT2D eigenvalue weighted by molar-refractivity contribution is 5.76. The van der Waals surface area contributed by atoms with Crippen LogP contribution in [0.25, 0.3) is 0 Å². The van der Waals surface area contributed by atoms with Gasteiger partial charge in [0, 0.05) is 0 Å². The van der Waals surface area contributed by atoms with Crippen LogP contribution in [0.3, 0.4) is 0 Å². The standard InChI is InChI=1S/C12H14O2/c1-3-5-11(12(13)14)10-7-4-6-9(2)8-10/h3-4,6-8,11H,1,5H2,2H3,(H,13,14)/t11-/m0/s1. The second-order valence-electron chi connectivity index (χ2n) is 3.33. The summed E-state index contributed by atoms with van der Waals surface area (Å²) in [5.41, 5.74) is 1.93. The Labute approximate surface area is 83.9 Å². The summed E-state index contributed by atoms with van der Waals surface area (Å²) in [7, 11) is 0. The molecule has 0 aliphatic heterocycles. The van der Waals surface area contributed by atoms with Crippen molar-refractivity contribution in [1.29, 1.82) is 0 Å². The molecule has 14 heavy (non-hydrogen) atoms. The fraction of sp³-hybridized carbons (Fsp3) is 0.250. The van der Waals surface area contributed by atoms with Crippen LogP contribution in [0.4, 0.5) is 0 Å². The number of allylic oxidation sites excluding steroid dienone is 1. The molecular formula is C12H14O2. The van der Waals surface area contributed by atoms with E-state index < -0.39 is 11.9 Å². The molecule has 2 heteroatoms. The Morgan fingerprint density at radius 1 is 1.64 bits per heavy atom. The Bertz CT molecular complexity index is 342. The van der Waals surface area contributed by atoms with Crippen LogP contribution < -0.4 is 0 Å². The van der Waals surface area contributed by atoms with Crippen LogP contribution in [-0.4, -0.2) is 11.1 Å². The SMILES string of the molecule is C=CC[C@H](C(=O)O)c1cccc(C)c1. The number of aliphatic carboxylic acids is 1. The monoisotopic (exact) mass is 190 g/mol. The lowest BCUT2D eigenvalue weighted by Crippen LogP contribution is -2.10. The molecule has 1 atom stereocenters. The molecular weight excluding hydrogens is 176 g/mol. The molecule has 1 rings (SSSR count). The highest BCUT2D eigenvalue weighted by Crippen LogP contribution is 2.21. The third kappa shape index (κ3) is 2.46. The number of carbonyl (C=O) groups is 1. The summed E-state index contributed by atoms with van der Waals surface area (Å²) >= 11 is 0. The molecule has 0 fully saturated rings. The highest BCUT2D eigenvalue weighted by atomic mass is 16.4. The van der Waals surface area contributed by atoms with E-state index in [0.29, 0.717) is 6.42 Å². The van der Waals surface area contributed by atoms with Gasteiger partial charge in [-0.15, -0.1) is 6.58 Å². The van der Waals surface area contributed by atoms with E-state index in [4.69, 9.17) is 5.11 Å². The Morgan fingerprint density at radius 2 is 2.36 bits per heavy atom. The van der Waals surface area contributed by atoms with Crippen LogP contribution in [0, 0.1) is 6.92 Å². The maximum absolute atomic E-state index is 11.0. The number of rotatable bonds is 4. The Balaban J connectivity index is 2.98. The van der Waals surface area contributed by atoms with Crippen molar-refractivity contribution in [2.24, 2.45) is 0 Å². The van der Waals surface area contributed by atoms with Crippen LogP contribution in [0.15, 0.2) is 36.9 Å². The third-order valence-electron chi connectivity index (χ3n) is 2.14. The Kier molecular flexibility index (Phi) is 3.46. The predicted octanol–water partition coefficient (Wildman–Crippen LogP) is 2.74. The fourth-order valence-corrected chi connectivity index (χ4v) is 1.43. The molecule has 0 aliphatic rings. The van der Waals surface area contributed by atoms with Gasteiger partial charge < -0.3 is 5.11 Å². The van der Waals surface area contributed by atoms with Gasteiger partial charge in [-0.3, -0.25) is 4.79 Å². The zero-order valence-corrected chi connectivity index (χ0v) is 8.23. The number of carboxylic acid groups (broad SMARTS) is 1. The number of hydrogen-bond donors (Lipinski definition) is 1. The molecule has 1 aromatic carbocycles. The number of benzene rings is 1. The molecule has 0 spiro atoms. The van der Waals surface area contributed by atoms with E-state index in [-0.39, 0.29) is 0 Å². The summed E-state index contributed by atoms with van der Waals surface area (Å²) < 4.78 is 0. The average Bonchev–Trinajstić information content (AvgIpc) is 2.13. The molecule has 0 unspecified atom stereocenters. The van der Waals surface area contributed by atoms with Crippen LogP contribution >= 0.6 is 0 Å². The second kappa shape index (κ2) is 4.61. The summed E-state index contributed by atoms with van der Waals surface area (Å²) in [6.45, 7) is 5.52. The van der Waals surface area contributed by atoms with Gasteiger partial charge in [-0.2, -0.15) is 0 Å². The minimum atomic E-state index is -0.796. The predicted molar refractivity (Wildman–Crippen MR) is 56.4 cm³/mol. The van der Waals surface area contributed by atoms with Gasteiger partial charge in [0.15, 0.2) is 0 Å². The third-order valence-corrected chi connectivity index (χ3v) is 2.14. The fourth-order valence-electron chi connectivity index (χ4n) is 1.43. The minimum absolute atomic E-state index is 0.465. The zero-order valence-electron chi connectivity index (χ0n) is 8.23. The molecule has 2 nitrogen and oxygen atoms in total. The largest absolute Gasteiger partial charge is 0.481 e. The minimum Gasteiger partial charge on any atom is -0.481 e. The molecule has 0 heterocycles. The molecule has 74 valence electrons. The van der Waals surface area contributed by atoms with E-state index in [0.717, 1.165) is 11.1 Å². The van der Waals surface area contributed by atoms with Crippen LogP contribution in [0.5, 0.6) is 0 Å². The summed E-state index contributed by atoms with van der Waals surface area (Å²) in [6.07, 6.45) is 2.11. The van der Waals surface area contributed by atoms with Gasteiger partial charge in [-0.1, -0.05) is 35.9 Å². The van der Waals surface area contributed by atoms with Crippen molar-refractivity contribution in [3.63, 3.8) is 0 Å². The van der Waals surface area contributed by atoms with E-state index in [2.05, 4.69) is 6.58 Å². The van der Waals surface area contributed by atoms with E-state index >= 15 is 0 Å². The van der Waals surface area contributed by atoms with Crippen LogP contribution in [-0.2, 0) is 4.79 Å². The quantitative estimate of drug-likeness (QED) is 0.741. The van der Waals surface area contributed by atoms with Crippen molar-refractivity contribution in [3.8, 4) is 0 Å². The summed E-state index contributed by atoms with van der Waals surface area (Å²) in [5, 5.41) is 9.00. The van der Waals surface area contributed by atoms with Crippen LogP contribution in [0.1, 0.15) is 23.5 Å². The zero-order chi connectivity index (χ0) is 10.6. The number of hydrogen-bond acceptors (Lipinski definition) is 1. The van der Waals surface area contributed by atoms with Crippen molar-refractivity contribution < 1.29 is 9.90 Å². The maximum Gasteiger partial charge on any atom is 0.311 e.